The Balaban J connectivity index is 2.01. The van der Waals surface area contributed by atoms with E-state index in [9.17, 15) is 4.79 Å². The van der Waals surface area contributed by atoms with Gasteiger partial charge in [-0.2, -0.15) is 0 Å². The summed E-state index contributed by atoms with van der Waals surface area (Å²) in [5.74, 6) is 0. The Morgan fingerprint density at radius 2 is 1.75 bits per heavy atom. The summed E-state index contributed by atoms with van der Waals surface area (Å²) in [5, 5.41) is 1.38. The molecular weight excluding hydrogens is 343 g/mol. The van der Waals surface area contributed by atoms with E-state index in [1.165, 1.54) is 4.57 Å². The quantitative estimate of drug-likeness (QED) is 0.665. The average molecular weight is 361 g/mol. The van der Waals surface area contributed by atoms with Crippen LogP contribution in [0.3, 0.4) is 0 Å². The fourth-order valence-electron chi connectivity index (χ4n) is 2.90. The van der Waals surface area contributed by atoms with Crippen LogP contribution in [0.2, 0.25) is 10.0 Å². The Kier molecular flexibility index (Phi) is 4.57. The Morgan fingerprint density at radius 1 is 1.00 bits per heavy atom. The lowest BCUT2D eigenvalue weighted by molar-refractivity contribution is 0.823. The Labute approximate surface area is 151 Å². The van der Waals surface area contributed by atoms with E-state index in [4.69, 9.17) is 23.2 Å². The van der Waals surface area contributed by atoms with Crippen molar-refractivity contribution < 1.29 is 0 Å². The standard InChI is InChI=1S/C19H18Cl2N2O/c1-12-6-14(9-15(20)7-12)10-17-13(2)8-16(11-18(17)21)23-5-4-22(3)19(23)24/h4-9,11H,10H2,1-3H3. The molecular formula is C19H18Cl2N2O. The van der Waals surface area contributed by atoms with Crippen molar-refractivity contribution >= 4 is 23.2 Å². The zero-order valence-electron chi connectivity index (χ0n) is 13.8. The molecule has 0 spiro atoms. The van der Waals surface area contributed by atoms with E-state index in [1.54, 1.807) is 24.0 Å². The maximum Gasteiger partial charge on any atom is 0.332 e. The Hall–Kier alpha value is -1.97. The molecule has 0 amide bonds. The molecule has 0 aliphatic heterocycles. The van der Waals surface area contributed by atoms with Crippen LogP contribution < -0.4 is 5.69 Å². The first-order valence-electron chi connectivity index (χ1n) is 7.64. The third kappa shape index (κ3) is 3.28. The summed E-state index contributed by atoms with van der Waals surface area (Å²) in [5.41, 5.74) is 5.02. The highest BCUT2D eigenvalue weighted by molar-refractivity contribution is 6.31. The molecule has 0 N–H and O–H groups in total. The van der Waals surface area contributed by atoms with E-state index in [2.05, 4.69) is 6.07 Å². The van der Waals surface area contributed by atoms with E-state index in [1.807, 2.05) is 38.1 Å². The van der Waals surface area contributed by atoms with Crippen LogP contribution >= 0.6 is 23.2 Å². The lowest BCUT2D eigenvalue weighted by Gasteiger charge is -2.12. The van der Waals surface area contributed by atoms with E-state index in [0.29, 0.717) is 11.4 Å². The predicted octanol–water partition coefficient (Wildman–Crippen LogP) is 4.69. The minimum atomic E-state index is -0.0938. The lowest BCUT2D eigenvalue weighted by Crippen LogP contribution is -2.20. The van der Waals surface area contributed by atoms with Gasteiger partial charge in [0.25, 0.3) is 0 Å². The van der Waals surface area contributed by atoms with Crippen LogP contribution in [0.1, 0.15) is 22.3 Å². The molecule has 3 rings (SSSR count). The zero-order valence-corrected chi connectivity index (χ0v) is 15.3. The van der Waals surface area contributed by atoms with Gasteiger partial charge in [0.05, 0.1) is 5.69 Å². The summed E-state index contributed by atoms with van der Waals surface area (Å²) in [6, 6.07) is 9.82. The SMILES string of the molecule is Cc1cc(Cl)cc(Cc2c(C)cc(-n3ccn(C)c3=O)cc2Cl)c1. The maximum atomic E-state index is 12.1. The maximum absolute atomic E-state index is 12.1. The molecule has 0 saturated carbocycles. The van der Waals surface area contributed by atoms with Crippen LogP contribution in [0.25, 0.3) is 5.69 Å². The first-order valence-corrected chi connectivity index (χ1v) is 8.40. The highest BCUT2D eigenvalue weighted by Crippen LogP contribution is 2.27. The minimum absolute atomic E-state index is 0.0938. The van der Waals surface area contributed by atoms with Gasteiger partial charge in [-0.3, -0.25) is 4.57 Å². The second-order valence-electron chi connectivity index (χ2n) is 6.10. The number of aromatic nitrogens is 2. The molecule has 0 atom stereocenters. The van der Waals surface area contributed by atoms with Gasteiger partial charge in [0.15, 0.2) is 0 Å². The van der Waals surface area contributed by atoms with Crippen molar-refractivity contribution in [1.82, 2.24) is 9.13 Å². The highest BCUT2D eigenvalue weighted by Gasteiger charge is 2.11. The van der Waals surface area contributed by atoms with Crippen LogP contribution in [0.5, 0.6) is 0 Å². The number of imidazole rings is 1. The van der Waals surface area contributed by atoms with Crippen molar-refractivity contribution in [3.05, 3.63) is 85.5 Å². The number of hydrogen-bond acceptors (Lipinski definition) is 1. The molecule has 0 bridgehead atoms. The second kappa shape index (κ2) is 6.50. The molecule has 1 heterocycles. The molecule has 1 aromatic heterocycles. The summed E-state index contributed by atoms with van der Waals surface area (Å²) in [6.07, 6.45) is 4.18. The van der Waals surface area contributed by atoms with Crippen LogP contribution in [-0.2, 0) is 13.5 Å². The Morgan fingerprint density at radius 3 is 2.33 bits per heavy atom. The van der Waals surface area contributed by atoms with Gasteiger partial charge in [0.2, 0.25) is 0 Å². The number of hydrogen-bond donors (Lipinski definition) is 0. The predicted molar refractivity (Wildman–Crippen MR) is 99.8 cm³/mol. The molecule has 0 aliphatic carbocycles. The summed E-state index contributed by atoms with van der Waals surface area (Å²) in [6.45, 7) is 4.03. The highest BCUT2D eigenvalue weighted by atomic mass is 35.5. The van der Waals surface area contributed by atoms with Crippen LogP contribution in [0.15, 0.2) is 47.5 Å². The second-order valence-corrected chi connectivity index (χ2v) is 6.94. The molecule has 5 heteroatoms. The first kappa shape index (κ1) is 16.9. The normalized spacial score (nSPS) is 11.0. The fraction of sp³-hybridized carbons (Fsp3) is 0.211. The number of benzene rings is 2. The number of halogens is 2. The molecule has 24 heavy (non-hydrogen) atoms. The van der Waals surface area contributed by atoms with E-state index in [0.717, 1.165) is 33.0 Å². The van der Waals surface area contributed by atoms with Gasteiger partial charge >= 0.3 is 5.69 Å². The smallest absolute Gasteiger partial charge is 0.302 e. The zero-order chi connectivity index (χ0) is 17.4. The minimum Gasteiger partial charge on any atom is -0.302 e. The van der Waals surface area contributed by atoms with Gasteiger partial charge in [-0.1, -0.05) is 29.3 Å². The third-order valence-corrected chi connectivity index (χ3v) is 4.67. The van der Waals surface area contributed by atoms with Crippen LogP contribution in [0, 0.1) is 13.8 Å². The van der Waals surface area contributed by atoms with Crippen molar-refractivity contribution in [2.45, 2.75) is 20.3 Å². The molecule has 3 nitrogen and oxygen atoms in total. The lowest BCUT2D eigenvalue weighted by atomic mass is 9.98. The fourth-order valence-corrected chi connectivity index (χ4v) is 3.54. The molecule has 0 unspecified atom stereocenters. The monoisotopic (exact) mass is 360 g/mol. The molecule has 0 saturated heterocycles. The van der Waals surface area contributed by atoms with Gasteiger partial charge in [-0.05, 0) is 66.8 Å². The van der Waals surface area contributed by atoms with Crippen molar-refractivity contribution in [1.29, 1.82) is 0 Å². The number of nitrogens with zero attached hydrogens (tertiary/aromatic N) is 2. The molecule has 2 aromatic carbocycles. The van der Waals surface area contributed by atoms with Gasteiger partial charge in [-0.25, -0.2) is 4.79 Å². The van der Waals surface area contributed by atoms with Crippen molar-refractivity contribution in [2.75, 3.05) is 0 Å². The molecule has 0 fully saturated rings. The largest absolute Gasteiger partial charge is 0.332 e. The van der Waals surface area contributed by atoms with Crippen molar-refractivity contribution in [3.63, 3.8) is 0 Å². The van der Waals surface area contributed by atoms with Crippen LogP contribution in [-0.4, -0.2) is 9.13 Å². The molecule has 0 aliphatic rings. The van der Waals surface area contributed by atoms with Gasteiger partial charge in [0.1, 0.15) is 0 Å². The summed E-state index contributed by atoms with van der Waals surface area (Å²) in [4.78, 5) is 12.1. The van der Waals surface area contributed by atoms with Crippen molar-refractivity contribution in [3.8, 4) is 5.69 Å². The van der Waals surface area contributed by atoms with Gasteiger partial charge in [-0.15, -0.1) is 0 Å². The van der Waals surface area contributed by atoms with E-state index in [-0.39, 0.29) is 5.69 Å². The summed E-state index contributed by atoms with van der Waals surface area (Å²) in [7, 11) is 1.73. The Bertz CT molecular complexity index is 926. The summed E-state index contributed by atoms with van der Waals surface area (Å²) < 4.78 is 3.12. The van der Waals surface area contributed by atoms with E-state index < -0.39 is 0 Å². The molecule has 3 aromatic rings. The topological polar surface area (TPSA) is 26.9 Å². The molecule has 124 valence electrons. The third-order valence-electron chi connectivity index (χ3n) is 4.11. The molecule has 0 radical (unpaired) electrons. The number of rotatable bonds is 3. The average Bonchev–Trinajstić information content (AvgIpc) is 2.82. The van der Waals surface area contributed by atoms with Gasteiger partial charge < -0.3 is 4.57 Å². The van der Waals surface area contributed by atoms with Gasteiger partial charge in [0, 0.05) is 29.5 Å². The van der Waals surface area contributed by atoms with E-state index >= 15 is 0 Å². The summed E-state index contributed by atoms with van der Waals surface area (Å²) >= 11 is 12.7. The van der Waals surface area contributed by atoms with Crippen LogP contribution in [0.4, 0.5) is 0 Å². The first-order chi connectivity index (χ1) is 11.3. The number of aryl methyl sites for hydroxylation is 3. The van der Waals surface area contributed by atoms with Crippen molar-refractivity contribution in [2.24, 2.45) is 7.05 Å².